The van der Waals surface area contributed by atoms with E-state index in [1.165, 1.54) is 58.5 Å². The van der Waals surface area contributed by atoms with E-state index >= 15 is 0 Å². The second-order valence-electron chi connectivity index (χ2n) is 7.29. The van der Waals surface area contributed by atoms with Crippen LogP contribution in [0.3, 0.4) is 0 Å². The zero-order valence-electron chi connectivity index (χ0n) is 15.3. The number of rotatable bonds is 5. The van der Waals surface area contributed by atoms with Gasteiger partial charge in [0.2, 0.25) is 6.41 Å². The third kappa shape index (κ3) is 7.59. The summed E-state index contributed by atoms with van der Waals surface area (Å²) in [7, 11) is 0. The molecule has 0 aliphatic carbocycles. The highest BCUT2D eigenvalue weighted by Gasteiger charge is 2.23. The van der Waals surface area contributed by atoms with Crippen molar-refractivity contribution < 1.29 is 4.79 Å². The minimum Gasteiger partial charge on any atom is -0.345 e. The number of nitrogens with zero attached hydrogens (tertiary/aromatic N) is 3. The van der Waals surface area contributed by atoms with Gasteiger partial charge >= 0.3 is 0 Å². The van der Waals surface area contributed by atoms with Gasteiger partial charge in [-0.2, -0.15) is 0 Å². The van der Waals surface area contributed by atoms with Crippen LogP contribution in [-0.4, -0.2) is 73.5 Å². The molecule has 2 rings (SSSR count). The van der Waals surface area contributed by atoms with E-state index in [2.05, 4.69) is 37.5 Å². The van der Waals surface area contributed by atoms with E-state index in [-0.39, 0.29) is 0 Å². The van der Waals surface area contributed by atoms with Crippen LogP contribution in [0.2, 0.25) is 0 Å². The highest BCUT2D eigenvalue weighted by molar-refractivity contribution is 5.47. The topological polar surface area (TPSA) is 26.8 Å². The summed E-state index contributed by atoms with van der Waals surface area (Å²) in [6, 6.07) is 0. The van der Waals surface area contributed by atoms with E-state index in [0.29, 0.717) is 0 Å². The van der Waals surface area contributed by atoms with E-state index in [1.54, 1.807) is 0 Å². The highest BCUT2D eigenvalue weighted by atomic mass is 16.1. The Morgan fingerprint density at radius 2 is 1.45 bits per heavy atom. The molecule has 2 heterocycles. The predicted octanol–water partition coefficient (Wildman–Crippen LogP) is 2.54. The van der Waals surface area contributed by atoms with E-state index < -0.39 is 0 Å². The molecule has 2 aliphatic heterocycles. The van der Waals surface area contributed by atoms with Gasteiger partial charge in [0, 0.05) is 52.4 Å². The van der Waals surface area contributed by atoms with Gasteiger partial charge in [-0.25, -0.2) is 0 Å². The number of hydrogen-bond donors (Lipinski definition) is 0. The maximum absolute atomic E-state index is 10.7. The van der Waals surface area contributed by atoms with Crippen molar-refractivity contribution in [1.82, 2.24) is 14.7 Å². The van der Waals surface area contributed by atoms with Crippen LogP contribution in [-0.2, 0) is 4.79 Å². The Hall–Kier alpha value is -0.610. The standard InChI is InChI=1S/C15H29N3O.C3H8/c1-14(2)11-16-7-9-17(10-8-16)12-15-3-5-18(13-19)6-4-15;1-3-2/h13-15H,3-12H2,1-2H3;3H2,1-2H3. The number of piperidine rings is 1. The molecule has 130 valence electrons. The lowest BCUT2D eigenvalue weighted by atomic mass is 9.96. The SMILES string of the molecule is CC(C)CN1CCN(CC2CCN(C=O)CC2)CC1.CCC. The first-order chi connectivity index (χ1) is 10.6. The molecule has 0 radical (unpaired) electrons. The zero-order valence-corrected chi connectivity index (χ0v) is 15.3. The van der Waals surface area contributed by atoms with Gasteiger partial charge in [-0.3, -0.25) is 4.79 Å². The van der Waals surface area contributed by atoms with Gasteiger partial charge in [0.25, 0.3) is 0 Å². The summed E-state index contributed by atoms with van der Waals surface area (Å²) in [6.45, 7) is 18.1. The summed E-state index contributed by atoms with van der Waals surface area (Å²) in [5, 5.41) is 0. The Morgan fingerprint density at radius 3 is 1.91 bits per heavy atom. The lowest BCUT2D eigenvalue weighted by Gasteiger charge is -2.38. The molecule has 0 saturated carbocycles. The van der Waals surface area contributed by atoms with Gasteiger partial charge in [-0.05, 0) is 24.7 Å². The fraction of sp³-hybridized carbons (Fsp3) is 0.944. The molecule has 0 aromatic rings. The van der Waals surface area contributed by atoms with Crippen molar-refractivity contribution in [3.05, 3.63) is 0 Å². The molecular weight excluding hydrogens is 274 g/mol. The molecular formula is C18H37N3O. The Labute approximate surface area is 137 Å². The molecule has 0 bridgehead atoms. The molecule has 0 N–H and O–H groups in total. The van der Waals surface area contributed by atoms with Gasteiger partial charge < -0.3 is 14.7 Å². The Kier molecular flexibility index (Phi) is 9.73. The smallest absolute Gasteiger partial charge is 0.209 e. The number of carbonyl (C=O) groups is 1. The van der Waals surface area contributed by atoms with Crippen LogP contribution in [0, 0.1) is 11.8 Å². The molecule has 0 aromatic heterocycles. The van der Waals surface area contributed by atoms with E-state index in [1.807, 2.05) is 4.90 Å². The van der Waals surface area contributed by atoms with Gasteiger partial charge in [-0.15, -0.1) is 0 Å². The number of hydrogen-bond acceptors (Lipinski definition) is 3. The van der Waals surface area contributed by atoms with Crippen molar-refractivity contribution in [3.8, 4) is 0 Å². The number of carbonyl (C=O) groups excluding carboxylic acids is 1. The van der Waals surface area contributed by atoms with Gasteiger partial charge in [0.1, 0.15) is 0 Å². The summed E-state index contributed by atoms with van der Waals surface area (Å²) in [5.41, 5.74) is 0. The zero-order chi connectivity index (χ0) is 16.4. The Bertz CT molecular complexity index is 280. The fourth-order valence-electron chi connectivity index (χ4n) is 3.28. The van der Waals surface area contributed by atoms with Crippen molar-refractivity contribution in [2.45, 2.75) is 47.0 Å². The first-order valence-electron chi connectivity index (χ1n) is 9.23. The van der Waals surface area contributed by atoms with E-state index in [0.717, 1.165) is 31.3 Å². The molecule has 22 heavy (non-hydrogen) atoms. The number of amides is 1. The number of likely N-dealkylation sites (tertiary alicyclic amines) is 1. The van der Waals surface area contributed by atoms with Gasteiger partial charge in [-0.1, -0.05) is 34.1 Å². The summed E-state index contributed by atoms with van der Waals surface area (Å²) < 4.78 is 0. The molecule has 2 fully saturated rings. The second kappa shape index (κ2) is 11.0. The molecule has 2 saturated heterocycles. The van der Waals surface area contributed by atoms with Crippen LogP contribution < -0.4 is 0 Å². The molecule has 1 amide bonds. The maximum atomic E-state index is 10.7. The molecule has 2 aliphatic rings. The summed E-state index contributed by atoms with van der Waals surface area (Å²) in [6.07, 6.45) is 4.62. The molecule has 0 unspecified atom stereocenters. The van der Waals surface area contributed by atoms with E-state index in [4.69, 9.17) is 0 Å². The second-order valence-corrected chi connectivity index (χ2v) is 7.29. The largest absolute Gasteiger partial charge is 0.345 e. The van der Waals surface area contributed by atoms with E-state index in [9.17, 15) is 4.79 Å². The van der Waals surface area contributed by atoms with Crippen LogP contribution in [0.25, 0.3) is 0 Å². The van der Waals surface area contributed by atoms with Crippen LogP contribution in [0.4, 0.5) is 0 Å². The van der Waals surface area contributed by atoms with Crippen molar-refractivity contribution in [2.75, 3.05) is 52.4 Å². The van der Waals surface area contributed by atoms with Gasteiger partial charge in [0.15, 0.2) is 0 Å². The van der Waals surface area contributed by atoms with Crippen molar-refractivity contribution in [2.24, 2.45) is 11.8 Å². The normalized spacial score (nSPS) is 21.6. The van der Waals surface area contributed by atoms with Crippen LogP contribution >= 0.6 is 0 Å². The van der Waals surface area contributed by atoms with Crippen molar-refractivity contribution in [1.29, 1.82) is 0 Å². The Morgan fingerprint density at radius 1 is 0.955 bits per heavy atom. The van der Waals surface area contributed by atoms with Crippen LogP contribution in [0.5, 0.6) is 0 Å². The highest BCUT2D eigenvalue weighted by Crippen LogP contribution is 2.18. The fourth-order valence-corrected chi connectivity index (χ4v) is 3.28. The Balaban J connectivity index is 0.000000745. The molecule has 4 heteroatoms. The average molecular weight is 312 g/mol. The molecule has 0 atom stereocenters. The van der Waals surface area contributed by atoms with Crippen LogP contribution in [0.15, 0.2) is 0 Å². The average Bonchev–Trinajstić information content (AvgIpc) is 2.50. The first kappa shape index (κ1) is 19.4. The number of piperazine rings is 1. The van der Waals surface area contributed by atoms with Crippen molar-refractivity contribution in [3.63, 3.8) is 0 Å². The minimum atomic E-state index is 0.777. The third-order valence-electron chi connectivity index (χ3n) is 4.40. The summed E-state index contributed by atoms with van der Waals surface area (Å²) in [5.74, 6) is 1.58. The molecule has 4 nitrogen and oxygen atoms in total. The van der Waals surface area contributed by atoms with Gasteiger partial charge in [0.05, 0.1) is 0 Å². The summed E-state index contributed by atoms with van der Waals surface area (Å²) in [4.78, 5) is 17.8. The summed E-state index contributed by atoms with van der Waals surface area (Å²) >= 11 is 0. The predicted molar refractivity (Wildman–Crippen MR) is 94.0 cm³/mol. The molecule has 0 spiro atoms. The molecule has 0 aromatic carbocycles. The minimum absolute atomic E-state index is 0.777. The first-order valence-corrected chi connectivity index (χ1v) is 9.23. The lowest BCUT2D eigenvalue weighted by molar-refractivity contribution is -0.119. The monoisotopic (exact) mass is 311 g/mol. The quantitative estimate of drug-likeness (QED) is 0.730. The maximum Gasteiger partial charge on any atom is 0.209 e. The third-order valence-corrected chi connectivity index (χ3v) is 4.40. The lowest BCUT2D eigenvalue weighted by Crippen LogP contribution is -2.49. The van der Waals surface area contributed by atoms with Crippen molar-refractivity contribution >= 4 is 6.41 Å². The van der Waals surface area contributed by atoms with Crippen LogP contribution in [0.1, 0.15) is 47.0 Å².